The normalized spacial score (nSPS) is 10.7. The molecule has 7 nitrogen and oxygen atoms in total. The van der Waals surface area contributed by atoms with Gasteiger partial charge in [0.05, 0.1) is 30.2 Å². The zero-order valence-corrected chi connectivity index (χ0v) is 19.9. The highest BCUT2D eigenvalue weighted by atomic mass is 79.9. The van der Waals surface area contributed by atoms with Gasteiger partial charge < -0.3 is 18.6 Å². The van der Waals surface area contributed by atoms with E-state index in [1.54, 1.807) is 55.5 Å². The van der Waals surface area contributed by atoms with Crippen LogP contribution in [0.2, 0.25) is 0 Å². The largest absolute Gasteiger partial charge is 0.497 e. The second-order valence-corrected chi connectivity index (χ2v) is 8.05. The molecule has 4 aromatic rings. The number of hydrogen-bond acceptors (Lipinski definition) is 7. The van der Waals surface area contributed by atoms with Gasteiger partial charge in [-0.25, -0.2) is 9.59 Å². The summed E-state index contributed by atoms with van der Waals surface area (Å²) >= 11 is 3.36. The average molecular weight is 523 g/mol. The van der Waals surface area contributed by atoms with Crippen molar-refractivity contribution in [2.45, 2.75) is 6.92 Å². The Morgan fingerprint density at radius 1 is 0.912 bits per heavy atom. The number of benzene rings is 3. The van der Waals surface area contributed by atoms with E-state index >= 15 is 0 Å². The van der Waals surface area contributed by atoms with Gasteiger partial charge in [0.15, 0.2) is 0 Å². The molecule has 0 radical (unpaired) electrons. The summed E-state index contributed by atoms with van der Waals surface area (Å²) in [5.74, 6) is -0.818. The molecule has 3 aromatic carbocycles. The Labute approximate surface area is 203 Å². The van der Waals surface area contributed by atoms with Gasteiger partial charge in [0.2, 0.25) is 11.2 Å². The number of esters is 2. The third-order valence-corrected chi connectivity index (χ3v) is 5.52. The first-order valence-electron chi connectivity index (χ1n) is 10.3. The maximum Gasteiger partial charge on any atom is 0.375 e. The Morgan fingerprint density at radius 3 is 2.24 bits per heavy atom. The number of carbonyl (C=O) groups excluding carboxylic acids is 2. The summed E-state index contributed by atoms with van der Waals surface area (Å²) in [6, 6.07) is 17.8. The molecule has 0 saturated heterocycles. The first-order valence-corrected chi connectivity index (χ1v) is 11.1. The van der Waals surface area contributed by atoms with Crippen LogP contribution < -0.4 is 14.9 Å². The van der Waals surface area contributed by atoms with Crippen LogP contribution in [0.3, 0.4) is 0 Å². The van der Waals surface area contributed by atoms with Crippen molar-refractivity contribution in [3.05, 3.63) is 92.7 Å². The molecule has 1 aromatic heterocycles. The lowest BCUT2D eigenvalue weighted by Gasteiger charge is -2.11. The van der Waals surface area contributed by atoms with Crippen molar-refractivity contribution in [2.75, 3.05) is 13.7 Å². The molecule has 8 heteroatoms. The van der Waals surface area contributed by atoms with E-state index in [-0.39, 0.29) is 34.6 Å². The summed E-state index contributed by atoms with van der Waals surface area (Å²) in [5.41, 5.74) is 0.618. The molecule has 34 heavy (non-hydrogen) atoms. The molecule has 0 fully saturated rings. The second kappa shape index (κ2) is 9.93. The topological polar surface area (TPSA) is 92.0 Å². The highest BCUT2D eigenvalue weighted by Crippen LogP contribution is 2.29. The summed E-state index contributed by atoms with van der Waals surface area (Å²) in [6.07, 6.45) is 0. The van der Waals surface area contributed by atoms with E-state index in [4.69, 9.17) is 18.6 Å². The minimum absolute atomic E-state index is 0.0916. The molecule has 0 spiro atoms. The molecule has 0 bridgehead atoms. The molecule has 0 atom stereocenters. The lowest BCUT2D eigenvalue weighted by atomic mass is 10.0. The van der Waals surface area contributed by atoms with Gasteiger partial charge in [-0.1, -0.05) is 28.1 Å². The standard InChI is InChI=1S/C26H19BrO7/c1-3-32-26(30)24-22(15-4-8-17(27)9-5-15)23(28)20-13-12-19(14-21(20)34-24)33-25(29)16-6-10-18(31-2)11-7-16/h4-14H,3H2,1-2H3. The quantitative estimate of drug-likeness (QED) is 0.239. The highest BCUT2D eigenvalue weighted by molar-refractivity contribution is 9.10. The van der Waals surface area contributed by atoms with Crippen LogP contribution in [0, 0.1) is 0 Å². The molecule has 0 saturated carbocycles. The maximum atomic E-state index is 13.4. The fourth-order valence-corrected chi connectivity index (χ4v) is 3.61. The smallest absolute Gasteiger partial charge is 0.375 e. The van der Waals surface area contributed by atoms with Gasteiger partial charge >= 0.3 is 11.9 Å². The zero-order chi connectivity index (χ0) is 24.2. The van der Waals surface area contributed by atoms with Crippen LogP contribution in [0.25, 0.3) is 22.1 Å². The number of carbonyl (C=O) groups is 2. The molecule has 0 amide bonds. The Bertz CT molecular complexity index is 1420. The Balaban J connectivity index is 1.77. The first kappa shape index (κ1) is 23.3. The summed E-state index contributed by atoms with van der Waals surface area (Å²) < 4.78 is 22.3. The molecule has 172 valence electrons. The molecule has 0 aliphatic heterocycles. The van der Waals surface area contributed by atoms with Gasteiger partial charge in [0.25, 0.3) is 0 Å². The number of hydrogen-bond donors (Lipinski definition) is 0. The van der Waals surface area contributed by atoms with Crippen molar-refractivity contribution < 1.29 is 28.2 Å². The van der Waals surface area contributed by atoms with E-state index in [1.807, 2.05) is 0 Å². The van der Waals surface area contributed by atoms with Crippen molar-refractivity contribution in [3.8, 4) is 22.6 Å². The molecular weight excluding hydrogens is 504 g/mol. The SMILES string of the molecule is CCOC(=O)c1oc2cc(OC(=O)c3ccc(OC)cc3)ccc2c(=O)c1-c1ccc(Br)cc1. The van der Waals surface area contributed by atoms with Gasteiger partial charge in [-0.15, -0.1) is 0 Å². The fourth-order valence-electron chi connectivity index (χ4n) is 3.35. The highest BCUT2D eigenvalue weighted by Gasteiger charge is 2.23. The lowest BCUT2D eigenvalue weighted by Crippen LogP contribution is -2.15. The van der Waals surface area contributed by atoms with E-state index in [1.165, 1.54) is 25.3 Å². The van der Waals surface area contributed by atoms with Gasteiger partial charge in [-0.2, -0.15) is 0 Å². The summed E-state index contributed by atoms with van der Waals surface area (Å²) in [7, 11) is 1.53. The Hall–Kier alpha value is -3.91. The third kappa shape index (κ3) is 4.72. The van der Waals surface area contributed by atoms with Crippen LogP contribution in [0.15, 0.2) is 80.4 Å². The maximum absolute atomic E-state index is 13.4. The van der Waals surface area contributed by atoms with Crippen molar-refractivity contribution in [1.82, 2.24) is 0 Å². The van der Waals surface area contributed by atoms with Crippen LogP contribution in [0.1, 0.15) is 27.8 Å². The third-order valence-electron chi connectivity index (χ3n) is 4.99. The van der Waals surface area contributed by atoms with Crippen LogP contribution in [0.5, 0.6) is 11.5 Å². The summed E-state index contributed by atoms with van der Waals surface area (Å²) in [4.78, 5) is 38.5. The molecule has 0 N–H and O–H groups in total. The van der Waals surface area contributed by atoms with Crippen molar-refractivity contribution in [2.24, 2.45) is 0 Å². The number of methoxy groups -OCH3 is 1. The van der Waals surface area contributed by atoms with Gasteiger partial charge in [0.1, 0.15) is 17.1 Å². The Morgan fingerprint density at radius 2 is 1.59 bits per heavy atom. The Kier molecular flexibility index (Phi) is 6.79. The summed E-state index contributed by atoms with van der Waals surface area (Å²) in [5, 5.41) is 0.232. The minimum atomic E-state index is -0.764. The predicted molar refractivity (Wildman–Crippen MR) is 130 cm³/mol. The molecule has 1 heterocycles. The molecule has 0 aliphatic carbocycles. The van der Waals surface area contributed by atoms with Crippen LogP contribution >= 0.6 is 15.9 Å². The molecular formula is C26H19BrO7. The monoisotopic (exact) mass is 522 g/mol. The van der Waals surface area contributed by atoms with Crippen LogP contribution in [-0.2, 0) is 4.74 Å². The van der Waals surface area contributed by atoms with E-state index in [9.17, 15) is 14.4 Å². The van der Waals surface area contributed by atoms with E-state index in [0.29, 0.717) is 16.9 Å². The fraction of sp³-hybridized carbons (Fsp3) is 0.115. The van der Waals surface area contributed by atoms with E-state index in [2.05, 4.69) is 15.9 Å². The van der Waals surface area contributed by atoms with Crippen LogP contribution in [0.4, 0.5) is 0 Å². The number of ether oxygens (including phenoxy) is 3. The summed E-state index contributed by atoms with van der Waals surface area (Å²) in [6.45, 7) is 1.77. The van der Waals surface area contributed by atoms with Gasteiger partial charge in [-0.05, 0) is 61.0 Å². The van der Waals surface area contributed by atoms with E-state index < -0.39 is 17.4 Å². The van der Waals surface area contributed by atoms with Crippen molar-refractivity contribution >= 4 is 38.8 Å². The first-order chi connectivity index (χ1) is 16.4. The number of rotatable bonds is 6. The number of halogens is 1. The number of fused-ring (bicyclic) bond motifs is 1. The van der Waals surface area contributed by atoms with Crippen molar-refractivity contribution in [3.63, 3.8) is 0 Å². The molecule has 4 rings (SSSR count). The van der Waals surface area contributed by atoms with Crippen molar-refractivity contribution in [1.29, 1.82) is 0 Å². The predicted octanol–water partition coefficient (Wildman–Crippen LogP) is 5.63. The molecule has 0 unspecified atom stereocenters. The second-order valence-electron chi connectivity index (χ2n) is 7.14. The zero-order valence-electron chi connectivity index (χ0n) is 18.3. The van der Waals surface area contributed by atoms with Crippen LogP contribution in [-0.4, -0.2) is 25.7 Å². The minimum Gasteiger partial charge on any atom is -0.497 e. The van der Waals surface area contributed by atoms with E-state index in [0.717, 1.165) is 4.47 Å². The lowest BCUT2D eigenvalue weighted by molar-refractivity contribution is 0.0491. The van der Waals surface area contributed by atoms with Gasteiger partial charge in [-0.3, -0.25) is 4.79 Å². The molecule has 0 aliphatic rings. The van der Waals surface area contributed by atoms with Gasteiger partial charge in [0, 0.05) is 10.5 Å². The average Bonchev–Trinajstić information content (AvgIpc) is 2.84.